The lowest BCUT2D eigenvalue weighted by Crippen LogP contribution is -2.40. The second kappa shape index (κ2) is 4.70. The molecule has 5 nitrogen and oxygen atoms in total. The van der Waals surface area contributed by atoms with Crippen molar-refractivity contribution in [3.63, 3.8) is 0 Å². The summed E-state index contributed by atoms with van der Waals surface area (Å²) in [5, 5.41) is 0. The fourth-order valence-electron chi connectivity index (χ4n) is 0.447. The quantitative estimate of drug-likeness (QED) is 0.248. The van der Waals surface area contributed by atoms with E-state index in [-0.39, 0.29) is 0 Å². The van der Waals surface area contributed by atoms with Gasteiger partial charge in [-0.15, -0.1) is 0 Å². The van der Waals surface area contributed by atoms with Gasteiger partial charge in [-0.1, -0.05) is 6.08 Å². The van der Waals surface area contributed by atoms with Gasteiger partial charge in [0.05, 0.1) is 0 Å². The van der Waals surface area contributed by atoms with Gasteiger partial charge in [0, 0.05) is 0 Å². The van der Waals surface area contributed by atoms with Crippen molar-refractivity contribution in [3.8, 4) is 0 Å². The Balaban J connectivity index is 3.80. The Morgan fingerprint density at radius 3 is 2.25 bits per heavy atom. The highest BCUT2D eigenvalue weighted by Crippen LogP contribution is 2.06. The maximum absolute atomic E-state index is 8.40. The van der Waals surface area contributed by atoms with E-state index in [2.05, 4.69) is 9.46 Å². The second-order valence-electron chi connectivity index (χ2n) is 2.43. The van der Waals surface area contributed by atoms with E-state index in [4.69, 9.17) is 14.4 Å². The smallest absolute Gasteiger partial charge is 0.366 e. The van der Waals surface area contributed by atoms with Gasteiger partial charge in [0.2, 0.25) is 0 Å². The summed E-state index contributed by atoms with van der Waals surface area (Å²) in [6.45, 7) is 5.27. The second-order valence-corrected chi connectivity index (χ2v) is 3.74. The van der Waals surface area contributed by atoms with Gasteiger partial charge < -0.3 is 14.4 Å². The molecular formula is C6H14O5Si. The van der Waals surface area contributed by atoms with Crippen LogP contribution in [0.15, 0.2) is 11.6 Å². The van der Waals surface area contributed by atoms with Gasteiger partial charge >= 0.3 is 9.05 Å². The molecule has 0 aliphatic heterocycles. The van der Waals surface area contributed by atoms with E-state index >= 15 is 0 Å². The molecule has 0 bridgehead atoms. The monoisotopic (exact) mass is 194 g/mol. The minimum absolute atomic E-state index is 0.409. The van der Waals surface area contributed by atoms with Crippen molar-refractivity contribution < 1.29 is 23.9 Å². The predicted octanol–water partition coefficient (Wildman–Crippen LogP) is -0.298. The zero-order valence-electron chi connectivity index (χ0n) is 7.31. The van der Waals surface area contributed by atoms with Gasteiger partial charge in [-0.2, -0.15) is 4.58 Å². The van der Waals surface area contributed by atoms with Crippen LogP contribution in [-0.2, 0) is 9.46 Å². The molecule has 0 aliphatic rings. The van der Waals surface area contributed by atoms with Crippen LogP contribution in [0.5, 0.6) is 0 Å². The van der Waals surface area contributed by atoms with Crippen molar-refractivity contribution in [2.75, 3.05) is 0 Å². The molecule has 12 heavy (non-hydrogen) atoms. The Hall–Kier alpha value is -0.243. The Morgan fingerprint density at radius 1 is 1.42 bits per heavy atom. The van der Waals surface area contributed by atoms with E-state index in [0.29, 0.717) is 0 Å². The summed E-state index contributed by atoms with van der Waals surface area (Å²) in [5.41, 5.74) is 0.869. The lowest BCUT2D eigenvalue weighted by atomic mass is 10.2. The molecule has 0 saturated carbocycles. The molecule has 0 rings (SSSR count). The first-order valence-electron chi connectivity index (χ1n) is 3.51. The molecule has 72 valence electrons. The third kappa shape index (κ3) is 5.41. The zero-order valence-corrected chi connectivity index (χ0v) is 8.31. The first kappa shape index (κ1) is 11.8. The maximum atomic E-state index is 8.40. The highest BCUT2D eigenvalue weighted by Gasteiger charge is 2.33. The standard InChI is InChI=1S/C6H14O5Si/c1-4-5(2)6(3)10-11-12(7,8)9/h4,6-9H,1-3H3. The molecule has 0 radical (unpaired) electrons. The molecule has 0 aliphatic carbocycles. The summed E-state index contributed by atoms with van der Waals surface area (Å²) >= 11 is 0. The first-order valence-corrected chi connectivity index (χ1v) is 5.26. The van der Waals surface area contributed by atoms with E-state index in [1.54, 1.807) is 19.9 Å². The lowest BCUT2D eigenvalue weighted by molar-refractivity contribution is -0.280. The van der Waals surface area contributed by atoms with Crippen molar-refractivity contribution in [2.45, 2.75) is 26.9 Å². The summed E-state index contributed by atoms with van der Waals surface area (Å²) in [6, 6.07) is 0. The maximum Gasteiger partial charge on any atom is 0.699 e. The van der Waals surface area contributed by atoms with Crippen LogP contribution >= 0.6 is 0 Å². The van der Waals surface area contributed by atoms with Crippen LogP contribution in [0, 0.1) is 0 Å². The van der Waals surface area contributed by atoms with Gasteiger partial charge in [0.15, 0.2) is 0 Å². The van der Waals surface area contributed by atoms with Crippen molar-refractivity contribution in [1.29, 1.82) is 0 Å². The molecule has 0 spiro atoms. The largest absolute Gasteiger partial charge is 0.699 e. The van der Waals surface area contributed by atoms with Crippen molar-refractivity contribution in [3.05, 3.63) is 11.6 Å². The molecule has 0 fully saturated rings. The van der Waals surface area contributed by atoms with E-state index in [1.165, 1.54) is 0 Å². The number of allylic oxidation sites excluding steroid dienone is 1. The topological polar surface area (TPSA) is 79.2 Å². The lowest BCUT2D eigenvalue weighted by Gasteiger charge is -2.14. The molecule has 0 aromatic carbocycles. The zero-order chi connectivity index (χ0) is 9.78. The van der Waals surface area contributed by atoms with Crippen molar-refractivity contribution >= 4 is 9.05 Å². The normalized spacial score (nSPS) is 16.3. The number of hydrogen-bond acceptors (Lipinski definition) is 5. The van der Waals surface area contributed by atoms with Gasteiger partial charge in [-0.3, -0.25) is 0 Å². The van der Waals surface area contributed by atoms with Crippen LogP contribution in [0.4, 0.5) is 0 Å². The Kier molecular flexibility index (Phi) is 4.61. The van der Waals surface area contributed by atoms with Crippen LogP contribution < -0.4 is 0 Å². The molecule has 1 atom stereocenters. The molecule has 0 saturated heterocycles. The van der Waals surface area contributed by atoms with Gasteiger partial charge in [0.25, 0.3) is 0 Å². The minimum Gasteiger partial charge on any atom is -0.366 e. The van der Waals surface area contributed by atoms with Crippen LogP contribution in [-0.4, -0.2) is 29.5 Å². The third-order valence-corrected chi connectivity index (χ3v) is 1.72. The summed E-state index contributed by atoms with van der Waals surface area (Å²) in [7, 11) is -4.53. The fraction of sp³-hybridized carbons (Fsp3) is 0.667. The fourth-order valence-corrected chi connectivity index (χ4v) is 0.721. The van der Waals surface area contributed by atoms with E-state index in [0.717, 1.165) is 5.57 Å². The molecule has 0 aromatic heterocycles. The van der Waals surface area contributed by atoms with Crippen LogP contribution in [0.1, 0.15) is 20.8 Å². The average molecular weight is 194 g/mol. The van der Waals surface area contributed by atoms with E-state index in [1.807, 2.05) is 6.92 Å². The van der Waals surface area contributed by atoms with Crippen molar-refractivity contribution in [2.24, 2.45) is 0 Å². The average Bonchev–Trinajstić information content (AvgIpc) is 1.97. The van der Waals surface area contributed by atoms with Crippen molar-refractivity contribution in [1.82, 2.24) is 0 Å². The minimum atomic E-state index is -4.53. The highest BCUT2D eigenvalue weighted by atomic mass is 28.4. The molecule has 0 amide bonds. The molecule has 6 heteroatoms. The summed E-state index contributed by atoms with van der Waals surface area (Å²) in [5.74, 6) is 0. The number of rotatable bonds is 4. The summed E-state index contributed by atoms with van der Waals surface area (Å²) in [6.07, 6.45) is 1.39. The van der Waals surface area contributed by atoms with E-state index in [9.17, 15) is 0 Å². The van der Waals surface area contributed by atoms with Gasteiger partial charge in [0.1, 0.15) is 6.10 Å². The third-order valence-electron chi connectivity index (χ3n) is 1.40. The number of hydrogen-bond donors (Lipinski definition) is 3. The first-order chi connectivity index (χ1) is 5.37. The van der Waals surface area contributed by atoms with E-state index < -0.39 is 15.2 Å². The van der Waals surface area contributed by atoms with Crippen LogP contribution in [0.25, 0.3) is 0 Å². The molecule has 0 aromatic rings. The Labute approximate surface area is 72.3 Å². The predicted molar refractivity (Wildman–Crippen MR) is 43.5 cm³/mol. The molecule has 0 heterocycles. The highest BCUT2D eigenvalue weighted by molar-refractivity contribution is 6.48. The molecular weight excluding hydrogens is 180 g/mol. The Bertz CT molecular complexity index is 162. The van der Waals surface area contributed by atoms with Crippen LogP contribution in [0.3, 0.4) is 0 Å². The van der Waals surface area contributed by atoms with Gasteiger partial charge in [-0.05, 0) is 26.3 Å². The summed E-state index contributed by atoms with van der Waals surface area (Å²) in [4.78, 5) is 29.7. The molecule has 3 N–H and O–H groups in total. The summed E-state index contributed by atoms with van der Waals surface area (Å²) < 4.78 is 3.98. The Morgan fingerprint density at radius 2 is 1.92 bits per heavy atom. The van der Waals surface area contributed by atoms with Gasteiger partial charge in [-0.25, -0.2) is 4.89 Å². The molecule has 1 unspecified atom stereocenters. The SMILES string of the molecule is CC=C(C)C(C)OO[Si](O)(O)O. The van der Waals surface area contributed by atoms with Crippen LogP contribution in [0.2, 0.25) is 0 Å².